The molecule has 2 amide bonds. The molecule has 116 valence electrons. The molecule has 0 saturated heterocycles. The first-order valence-electron chi connectivity index (χ1n) is 6.52. The Morgan fingerprint density at radius 2 is 2.09 bits per heavy atom. The third-order valence-electron chi connectivity index (χ3n) is 2.99. The van der Waals surface area contributed by atoms with E-state index in [-0.39, 0.29) is 22.7 Å². The van der Waals surface area contributed by atoms with Gasteiger partial charge in [0.1, 0.15) is 10.8 Å². The molecule has 22 heavy (non-hydrogen) atoms. The summed E-state index contributed by atoms with van der Waals surface area (Å²) in [6, 6.07) is 8.07. The molecule has 0 unspecified atom stereocenters. The monoisotopic (exact) mass is 338 g/mol. The van der Waals surface area contributed by atoms with Crippen LogP contribution in [0.15, 0.2) is 35.7 Å². The molecule has 0 saturated carbocycles. The van der Waals surface area contributed by atoms with Gasteiger partial charge in [0.05, 0.1) is 11.3 Å². The Bertz CT molecular complexity index is 688. The fourth-order valence-corrected chi connectivity index (χ4v) is 3.51. The molecule has 0 aliphatic carbocycles. The van der Waals surface area contributed by atoms with Gasteiger partial charge in [0.15, 0.2) is 0 Å². The summed E-state index contributed by atoms with van der Waals surface area (Å²) in [5, 5.41) is 4.64. The number of benzene rings is 1. The zero-order valence-corrected chi connectivity index (χ0v) is 13.5. The third-order valence-corrected chi connectivity index (χ3v) is 5.00. The predicted octanol–water partition coefficient (Wildman–Crippen LogP) is 3.42. The molecule has 0 spiro atoms. The second-order valence-electron chi connectivity index (χ2n) is 4.55. The van der Waals surface area contributed by atoms with Crippen molar-refractivity contribution in [1.29, 1.82) is 0 Å². The Hall–Kier alpha value is -1.86. The van der Waals surface area contributed by atoms with Crippen LogP contribution >= 0.6 is 23.1 Å². The molecule has 0 radical (unpaired) electrons. The summed E-state index contributed by atoms with van der Waals surface area (Å²) < 4.78 is 13.6. The number of anilines is 1. The number of carbonyl (C=O) groups is 2. The predicted molar refractivity (Wildman–Crippen MR) is 88.7 cm³/mol. The number of amides is 2. The van der Waals surface area contributed by atoms with Crippen molar-refractivity contribution in [2.75, 3.05) is 11.1 Å². The maximum absolute atomic E-state index is 13.6. The molecule has 0 bridgehead atoms. The summed E-state index contributed by atoms with van der Waals surface area (Å²) in [4.78, 5) is 23.1. The van der Waals surface area contributed by atoms with E-state index in [1.165, 1.54) is 29.2 Å². The van der Waals surface area contributed by atoms with E-state index >= 15 is 0 Å². The summed E-state index contributed by atoms with van der Waals surface area (Å²) in [6.45, 7) is 1.84. The summed E-state index contributed by atoms with van der Waals surface area (Å²) >= 11 is 2.56. The SMILES string of the molecule is C[C@H](SCC(=O)Nc1sccc1C(N)=O)c1ccccc1F. The number of hydrogen-bond donors (Lipinski definition) is 2. The lowest BCUT2D eigenvalue weighted by molar-refractivity contribution is -0.113. The maximum atomic E-state index is 13.6. The Morgan fingerprint density at radius 3 is 2.77 bits per heavy atom. The zero-order chi connectivity index (χ0) is 16.1. The summed E-state index contributed by atoms with van der Waals surface area (Å²) in [6.07, 6.45) is 0. The largest absolute Gasteiger partial charge is 0.366 e. The van der Waals surface area contributed by atoms with Crippen LogP contribution in [0, 0.1) is 5.82 Å². The minimum Gasteiger partial charge on any atom is -0.366 e. The molecule has 1 atom stereocenters. The van der Waals surface area contributed by atoms with Gasteiger partial charge >= 0.3 is 0 Å². The number of thiophene rings is 1. The zero-order valence-electron chi connectivity index (χ0n) is 11.8. The highest BCUT2D eigenvalue weighted by molar-refractivity contribution is 8.00. The highest BCUT2D eigenvalue weighted by atomic mass is 32.2. The first kappa shape index (κ1) is 16.5. The Morgan fingerprint density at radius 1 is 1.36 bits per heavy atom. The minimum atomic E-state index is -0.580. The van der Waals surface area contributed by atoms with Gasteiger partial charge in [-0.25, -0.2) is 4.39 Å². The lowest BCUT2D eigenvalue weighted by atomic mass is 10.1. The van der Waals surface area contributed by atoms with E-state index in [9.17, 15) is 14.0 Å². The molecular weight excluding hydrogens is 323 g/mol. The molecule has 2 aromatic rings. The summed E-state index contributed by atoms with van der Waals surface area (Å²) in [7, 11) is 0. The number of thioether (sulfide) groups is 1. The van der Waals surface area contributed by atoms with Crippen molar-refractivity contribution >= 4 is 39.9 Å². The van der Waals surface area contributed by atoms with Gasteiger partial charge in [-0.05, 0) is 24.4 Å². The average Bonchev–Trinajstić information content (AvgIpc) is 2.93. The van der Waals surface area contributed by atoms with Gasteiger partial charge in [0.2, 0.25) is 5.91 Å². The quantitative estimate of drug-likeness (QED) is 0.848. The summed E-state index contributed by atoms with van der Waals surface area (Å²) in [5.41, 5.74) is 6.08. The van der Waals surface area contributed by atoms with Crippen LogP contribution in [0.3, 0.4) is 0 Å². The molecule has 1 heterocycles. The van der Waals surface area contributed by atoms with E-state index in [2.05, 4.69) is 5.32 Å². The van der Waals surface area contributed by atoms with Crippen LogP contribution in [-0.4, -0.2) is 17.6 Å². The number of nitrogens with two attached hydrogens (primary N) is 1. The maximum Gasteiger partial charge on any atom is 0.251 e. The van der Waals surface area contributed by atoms with Crippen LogP contribution in [0.5, 0.6) is 0 Å². The van der Waals surface area contributed by atoms with Crippen molar-refractivity contribution < 1.29 is 14.0 Å². The third kappa shape index (κ3) is 4.08. The topological polar surface area (TPSA) is 72.2 Å². The van der Waals surface area contributed by atoms with Crippen molar-refractivity contribution in [3.05, 3.63) is 52.7 Å². The van der Waals surface area contributed by atoms with Crippen LogP contribution in [0.4, 0.5) is 9.39 Å². The van der Waals surface area contributed by atoms with E-state index in [4.69, 9.17) is 5.73 Å². The number of carbonyl (C=O) groups excluding carboxylic acids is 2. The molecule has 1 aromatic heterocycles. The van der Waals surface area contributed by atoms with Crippen LogP contribution < -0.4 is 11.1 Å². The standard InChI is InChI=1S/C15H15FN2O2S2/c1-9(10-4-2-3-5-12(10)16)22-8-13(19)18-15-11(14(17)20)6-7-21-15/h2-7,9H,8H2,1H3,(H2,17,20)(H,18,19)/t9-/m0/s1. The van der Waals surface area contributed by atoms with Gasteiger partial charge < -0.3 is 11.1 Å². The second kappa shape index (κ2) is 7.42. The van der Waals surface area contributed by atoms with Crippen molar-refractivity contribution in [3.63, 3.8) is 0 Å². The highest BCUT2D eigenvalue weighted by Gasteiger charge is 2.15. The summed E-state index contributed by atoms with van der Waals surface area (Å²) in [5.74, 6) is -0.953. The Balaban J connectivity index is 1.92. The highest BCUT2D eigenvalue weighted by Crippen LogP contribution is 2.30. The molecule has 0 aliphatic heterocycles. The fraction of sp³-hybridized carbons (Fsp3) is 0.200. The van der Waals surface area contributed by atoms with Crippen LogP contribution in [0.25, 0.3) is 0 Å². The molecule has 7 heteroatoms. The van der Waals surface area contributed by atoms with Gasteiger partial charge in [-0.3, -0.25) is 9.59 Å². The Kier molecular flexibility index (Phi) is 5.57. The number of rotatable bonds is 6. The lowest BCUT2D eigenvalue weighted by Crippen LogP contribution is -2.18. The molecule has 0 aliphatic rings. The molecule has 4 nitrogen and oxygen atoms in total. The molecular formula is C15H15FN2O2S2. The van der Waals surface area contributed by atoms with Gasteiger partial charge in [-0.15, -0.1) is 23.1 Å². The number of halogens is 1. The number of primary amides is 1. The molecule has 3 N–H and O–H groups in total. The average molecular weight is 338 g/mol. The van der Waals surface area contributed by atoms with E-state index in [1.807, 2.05) is 6.92 Å². The number of nitrogens with one attached hydrogen (secondary N) is 1. The van der Waals surface area contributed by atoms with Crippen LogP contribution in [0.2, 0.25) is 0 Å². The first-order valence-corrected chi connectivity index (χ1v) is 8.45. The van der Waals surface area contributed by atoms with Gasteiger partial charge in [0.25, 0.3) is 5.91 Å². The van der Waals surface area contributed by atoms with Crippen LogP contribution in [-0.2, 0) is 4.79 Å². The Labute approximate surface area is 135 Å². The fourth-order valence-electron chi connectivity index (χ4n) is 1.86. The van der Waals surface area contributed by atoms with E-state index in [0.29, 0.717) is 16.1 Å². The lowest BCUT2D eigenvalue weighted by Gasteiger charge is -2.12. The molecule has 0 fully saturated rings. The molecule has 1 aromatic carbocycles. The van der Waals surface area contributed by atoms with E-state index in [1.54, 1.807) is 29.6 Å². The van der Waals surface area contributed by atoms with Crippen LogP contribution in [0.1, 0.15) is 28.1 Å². The first-order chi connectivity index (χ1) is 10.5. The van der Waals surface area contributed by atoms with Gasteiger partial charge in [-0.2, -0.15) is 0 Å². The normalized spacial score (nSPS) is 11.9. The van der Waals surface area contributed by atoms with Gasteiger partial charge in [0, 0.05) is 10.8 Å². The van der Waals surface area contributed by atoms with Crippen molar-refractivity contribution in [2.45, 2.75) is 12.2 Å². The van der Waals surface area contributed by atoms with Crippen molar-refractivity contribution in [3.8, 4) is 0 Å². The van der Waals surface area contributed by atoms with E-state index < -0.39 is 5.91 Å². The number of hydrogen-bond acceptors (Lipinski definition) is 4. The smallest absolute Gasteiger partial charge is 0.251 e. The van der Waals surface area contributed by atoms with E-state index in [0.717, 1.165) is 0 Å². The minimum absolute atomic E-state index is 0.147. The van der Waals surface area contributed by atoms with Gasteiger partial charge in [-0.1, -0.05) is 18.2 Å². The van der Waals surface area contributed by atoms with Crippen molar-refractivity contribution in [1.82, 2.24) is 0 Å². The van der Waals surface area contributed by atoms with Crippen molar-refractivity contribution in [2.24, 2.45) is 5.73 Å². The second-order valence-corrected chi connectivity index (χ2v) is 6.80. The molecule has 2 rings (SSSR count).